The minimum atomic E-state index is -0.168. The van der Waals surface area contributed by atoms with E-state index in [1.807, 2.05) is 11.6 Å². The van der Waals surface area contributed by atoms with E-state index in [9.17, 15) is 4.79 Å². The van der Waals surface area contributed by atoms with E-state index in [0.717, 1.165) is 29.2 Å². The van der Waals surface area contributed by atoms with E-state index in [1.54, 1.807) is 0 Å². The number of hydrogen-bond acceptors (Lipinski definition) is 2. The average molecular weight is 444 g/mol. The number of aryl methyl sites for hydroxylation is 2. The van der Waals surface area contributed by atoms with Crippen LogP contribution in [-0.2, 0) is 13.0 Å². The van der Waals surface area contributed by atoms with Gasteiger partial charge in [-0.15, -0.1) is 0 Å². The number of amides is 1. The normalized spacial score (nSPS) is 19.5. The van der Waals surface area contributed by atoms with Gasteiger partial charge in [0, 0.05) is 18.7 Å². The molecular formula is C26H38ClN3O. The van der Waals surface area contributed by atoms with E-state index >= 15 is 0 Å². The molecule has 1 fully saturated rings. The molecule has 1 amide bonds. The molecule has 1 aromatic heterocycles. The predicted octanol–water partition coefficient (Wildman–Crippen LogP) is 6.68. The maximum absolute atomic E-state index is 12.9. The molecule has 0 spiro atoms. The molecule has 4 nitrogen and oxygen atoms in total. The first kappa shape index (κ1) is 23.8. The molecule has 1 aromatic carbocycles. The lowest BCUT2D eigenvalue weighted by Gasteiger charge is -2.26. The number of nitrogens with zero attached hydrogens (tertiary/aromatic N) is 2. The third kappa shape index (κ3) is 5.91. The lowest BCUT2D eigenvalue weighted by Crippen LogP contribution is -2.31. The highest BCUT2D eigenvalue weighted by molar-refractivity contribution is 6.36. The Morgan fingerprint density at radius 1 is 1.23 bits per heavy atom. The molecule has 0 saturated heterocycles. The summed E-state index contributed by atoms with van der Waals surface area (Å²) < 4.78 is 1.85. The molecule has 1 saturated carbocycles. The predicted molar refractivity (Wildman–Crippen MR) is 130 cm³/mol. The van der Waals surface area contributed by atoms with Crippen molar-refractivity contribution >= 4 is 17.5 Å². The monoisotopic (exact) mass is 443 g/mol. The van der Waals surface area contributed by atoms with Crippen molar-refractivity contribution in [1.82, 2.24) is 15.1 Å². The molecule has 2 aromatic rings. The Morgan fingerprint density at radius 2 is 1.90 bits per heavy atom. The summed E-state index contributed by atoms with van der Waals surface area (Å²) in [6.07, 6.45) is 5.89. The van der Waals surface area contributed by atoms with Crippen LogP contribution in [0.4, 0.5) is 0 Å². The molecule has 0 aliphatic heterocycles. The number of benzene rings is 1. The van der Waals surface area contributed by atoms with Crippen molar-refractivity contribution < 1.29 is 4.79 Å². The van der Waals surface area contributed by atoms with Crippen LogP contribution in [0.25, 0.3) is 11.3 Å². The Balaban J connectivity index is 1.80. The van der Waals surface area contributed by atoms with Crippen molar-refractivity contribution in [2.45, 2.75) is 80.2 Å². The number of rotatable bonds is 6. The van der Waals surface area contributed by atoms with Crippen molar-refractivity contribution in [3.05, 3.63) is 40.0 Å². The fraction of sp³-hybridized carbons (Fsp3) is 0.615. The minimum absolute atomic E-state index is 0.168. The highest BCUT2D eigenvalue weighted by Crippen LogP contribution is 2.34. The van der Waals surface area contributed by atoms with Gasteiger partial charge in [0.1, 0.15) is 0 Å². The Bertz CT molecular complexity index is 917. The summed E-state index contributed by atoms with van der Waals surface area (Å²) in [4.78, 5) is 12.9. The second-order valence-electron chi connectivity index (χ2n) is 10.5. The van der Waals surface area contributed by atoms with Crippen LogP contribution >= 0.6 is 11.6 Å². The summed E-state index contributed by atoms with van der Waals surface area (Å²) in [7, 11) is 0. The third-order valence-electron chi connectivity index (χ3n) is 6.38. The van der Waals surface area contributed by atoms with Gasteiger partial charge in [0.2, 0.25) is 0 Å². The van der Waals surface area contributed by atoms with E-state index in [0.29, 0.717) is 29.7 Å². The van der Waals surface area contributed by atoms with Crippen molar-refractivity contribution in [2.75, 3.05) is 6.54 Å². The third-order valence-corrected chi connectivity index (χ3v) is 6.73. The van der Waals surface area contributed by atoms with Crippen molar-refractivity contribution in [3.8, 4) is 11.3 Å². The first-order chi connectivity index (χ1) is 14.6. The van der Waals surface area contributed by atoms with Crippen LogP contribution in [0.2, 0.25) is 5.02 Å². The van der Waals surface area contributed by atoms with Gasteiger partial charge in [0.25, 0.3) is 5.91 Å². The Labute approximate surface area is 192 Å². The second-order valence-corrected chi connectivity index (χ2v) is 10.9. The summed E-state index contributed by atoms with van der Waals surface area (Å²) in [5.74, 6) is 1.20. The maximum atomic E-state index is 12.9. The van der Waals surface area contributed by atoms with Gasteiger partial charge in [0.15, 0.2) is 5.69 Å². The fourth-order valence-corrected chi connectivity index (χ4v) is 4.96. The van der Waals surface area contributed by atoms with Gasteiger partial charge in [0.05, 0.1) is 10.7 Å². The van der Waals surface area contributed by atoms with Gasteiger partial charge in [-0.25, -0.2) is 0 Å². The molecule has 0 radical (unpaired) electrons. The number of halogens is 1. The van der Waals surface area contributed by atoms with Crippen LogP contribution in [0.15, 0.2) is 18.2 Å². The van der Waals surface area contributed by atoms with E-state index in [-0.39, 0.29) is 11.3 Å². The molecule has 1 aliphatic carbocycles. The zero-order chi connectivity index (χ0) is 22.8. The zero-order valence-corrected chi connectivity index (χ0v) is 20.8. The number of nitrogens with one attached hydrogen (secondary N) is 1. The number of carbonyl (C=O) groups is 1. The minimum Gasteiger partial charge on any atom is -0.350 e. The highest BCUT2D eigenvalue weighted by Gasteiger charge is 2.25. The van der Waals surface area contributed by atoms with Gasteiger partial charge in [-0.05, 0) is 61.5 Å². The molecule has 31 heavy (non-hydrogen) atoms. The maximum Gasteiger partial charge on any atom is 0.273 e. The number of carbonyl (C=O) groups excluding carboxylic acids is 1. The first-order valence-corrected chi connectivity index (χ1v) is 12.1. The van der Waals surface area contributed by atoms with Crippen LogP contribution in [0.1, 0.15) is 81.9 Å². The summed E-state index contributed by atoms with van der Waals surface area (Å²) >= 11 is 6.75. The Kier molecular flexibility index (Phi) is 7.51. The lowest BCUT2D eigenvalue weighted by atomic mass is 9.83. The van der Waals surface area contributed by atoms with Crippen molar-refractivity contribution in [3.63, 3.8) is 0 Å². The van der Waals surface area contributed by atoms with E-state index in [1.165, 1.54) is 31.2 Å². The molecule has 1 N–H and O–H groups in total. The summed E-state index contributed by atoms with van der Waals surface area (Å²) in [6, 6.07) is 6.52. The van der Waals surface area contributed by atoms with Crippen LogP contribution in [-0.4, -0.2) is 22.2 Å². The molecule has 1 heterocycles. The van der Waals surface area contributed by atoms with Crippen LogP contribution in [0.3, 0.4) is 0 Å². The molecule has 170 valence electrons. The molecule has 0 atom stereocenters. The summed E-state index contributed by atoms with van der Waals surface area (Å²) in [5, 5.41) is 8.11. The molecule has 5 heteroatoms. The molecule has 0 bridgehead atoms. The van der Waals surface area contributed by atoms with Crippen molar-refractivity contribution in [2.24, 2.45) is 17.3 Å². The summed E-state index contributed by atoms with van der Waals surface area (Å²) in [6.45, 7) is 14.6. The van der Waals surface area contributed by atoms with E-state index in [4.69, 9.17) is 11.6 Å². The van der Waals surface area contributed by atoms with E-state index < -0.39 is 0 Å². The average Bonchev–Trinajstić information content (AvgIpc) is 3.02. The Hall–Kier alpha value is -1.81. The highest BCUT2D eigenvalue weighted by atomic mass is 35.5. The summed E-state index contributed by atoms with van der Waals surface area (Å²) in [5.41, 5.74) is 4.91. The quantitative estimate of drug-likeness (QED) is 0.541. The second kappa shape index (κ2) is 9.77. The van der Waals surface area contributed by atoms with E-state index in [2.05, 4.69) is 63.2 Å². The first-order valence-electron chi connectivity index (χ1n) is 11.7. The standard InChI is InChI=1S/C26H38ClN3O/c1-7-30-24(21-13-12-20(14-18(21)3)15-26(4,5)6)22(27)23(29-30)25(31)28-16-19-10-8-17(2)9-11-19/h12-14,17,19H,7-11,15-16H2,1-6H3,(H,28,31). The van der Waals surface area contributed by atoms with Gasteiger partial charge in [-0.3, -0.25) is 9.48 Å². The zero-order valence-electron chi connectivity index (χ0n) is 20.0. The molecule has 0 unspecified atom stereocenters. The SMILES string of the molecule is CCn1nc(C(=O)NCC2CCC(C)CC2)c(Cl)c1-c1ccc(CC(C)(C)C)cc1C. The van der Waals surface area contributed by atoms with Gasteiger partial charge < -0.3 is 5.32 Å². The van der Waals surface area contributed by atoms with Gasteiger partial charge in [-0.2, -0.15) is 5.10 Å². The smallest absolute Gasteiger partial charge is 0.273 e. The lowest BCUT2D eigenvalue weighted by molar-refractivity contribution is 0.0936. The largest absolute Gasteiger partial charge is 0.350 e. The van der Waals surface area contributed by atoms with Gasteiger partial charge in [-0.1, -0.05) is 70.3 Å². The fourth-order valence-electron chi connectivity index (χ4n) is 4.64. The number of aromatic nitrogens is 2. The number of hydrogen-bond donors (Lipinski definition) is 1. The Morgan fingerprint density at radius 3 is 2.48 bits per heavy atom. The molecule has 1 aliphatic rings. The molecular weight excluding hydrogens is 406 g/mol. The molecule has 3 rings (SSSR count). The van der Waals surface area contributed by atoms with Crippen LogP contribution < -0.4 is 5.32 Å². The van der Waals surface area contributed by atoms with Crippen LogP contribution in [0.5, 0.6) is 0 Å². The van der Waals surface area contributed by atoms with Crippen LogP contribution in [0, 0.1) is 24.2 Å². The topological polar surface area (TPSA) is 46.9 Å². The van der Waals surface area contributed by atoms with Gasteiger partial charge >= 0.3 is 0 Å². The van der Waals surface area contributed by atoms with Crippen molar-refractivity contribution in [1.29, 1.82) is 0 Å².